The lowest BCUT2D eigenvalue weighted by molar-refractivity contribution is -0.153. The van der Waals surface area contributed by atoms with Crippen LogP contribution < -0.4 is 0 Å². The molecule has 2 aliphatic rings. The van der Waals surface area contributed by atoms with Gasteiger partial charge in [-0.3, -0.25) is 9.59 Å². The number of benzene rings is 2. The molecular weight excluding hydrogens is 419 g/mol. The number of aromatic amines is 1. The Balaban J connectivity index is 1.47. The van der Waals surface area contributed by atoms with Gasteiger partial charge in [-0.05, 0) is 48.4 Å². The van der Waals surface area contributed by atoms with Crippen LogP contribution in [0, 0.1) is 17.7 Å². The number of aromatic nitrogens is 1. The number of carbonyl (C=O) groups excluding carboxylic acids is 1. The van der Waals surface area contributed by atoms with Gasteiger partial charge in [-0.1, -0.05) is 49.2 Å². The SMILES string of the molecule is O=C(O)C1CCN(C(=O)CC(c2ccccc2)c2c[nH]c3cccc(F)c23)C2CCCCC12. The van der Waals surface area contributed by atoms with Crippen molar-refractivity contribution < 1.29 is 19.1 Å². The van der Waals surface area contributed by atoms with Crippen molar-refractivity contribution in [3.05, 3.63) is 71.7 Å². The zero-order chi connectivity index (χ0) is 22.9. The molecule has 4 unspecified atom stereocenters. The number of halogens is 1. The summed E-state index contributed by atoms with van der Waals surface area (Å²) in [5.74, 6) is -1.65. The van der Waals surface area contributed by atoms with Crippen LogP contribution in [-0.2, 0) is 9.59 Å². The van der Waals surface area contributed by atoms with E-state index in [1.807, 2.05) is 47.5 Å². The number of likely N-dealkylation sites (tertiary alicyclic amines) is 1. The van der Waals surface area contributed by atoms with E-state index in [2.05, 4.69) is 4.98 Å². The predicted octanol–water partition coefficient (Wildman–Crippen LogP) is 5.32. The van der Waals surface area contributed by atoms with Crippen molar-refractivity contribution in [1.82, 2.24) is 9.88 Å². The van der Waals surface area contributed by atoms with Crippen LogP contribution in [0.25, 0.3) is 10.9 Å². The molecule has 0 bridgehead atoms. The van der Waals surface area contributed by atoms with E-state index in [0.29, 0.717) is 23.9 Å². The van der Waals surface area contributed by atoms with Crippen LogP contribution in [0.4, 0.5) is 4.39 Å². The fraction of sp³-hybridized carbons (Fsp3) is 0.407. The van der Waals surface area contributed by atoms with Gasteiger partial charge in [0.05, 0.1) is 5.92 Å². The molecule has 4 atom stereocenters. The monoisotopic (exact) mass is 448 g/mol. The molecule has 1 aliphatic heterocycles. The highest BCUT2D eigenvalue weighted by atomic mass is 19.1. The number of rotatable bonds is 5. The van der Waals surface area contributed by atoms with Crippen molar-refractivity contribution in [2.45, 2.75) is 50.5 Å². The maximum absolute atomic E-state index is 14.8. The second-order valence-corrected chi connectivity index (χ2v) is 9.41. The van der Waals surface area contributed by atoms with Crippen molar-refractivity contribution in [2.75, 3.05) is 6.54 Å². The number of hydrogen-bond donors (Lipinski definition) is 2. The molecule has 1 amide bonds. The first-order chi connectivity index (χ1) is 16.0. The Morgan fingerprint density at radius 3 is 2.64 bits per heavy atom. The highest BCUT2D eigenvalue weighted by molar-refractivity contribution is 5.86. The molecule has 1 saturated heterocycles. The lowest BCUT2D eigenvalue weighted by Gasteiger charge is -2.47. The number of hydrogen-bond acceptors (Lipinski definition) is 2. The Bertz CT molecular complexity index is 1160. The Hall–Kier alpha value is -3.15. The first-order valence-corrected chi connectivity index (χ1v) is 11.9. The molecule has 0 radical (unpaired) electrons. The minimum Gasteiger partial charge on any atom is -0.481 e. The first kappa shape index (κ1) is 21.7. The third-order valence-corrected chi connectivity index (χ3v) is 7.66. The van der Waals surface area contributed by atoms with Crippen LogP contribution in [0.15, 0.2) is 54.7 Å². The molecule has 2 N–H and O–H groups in total. The number of carbonyl (C=O) groups is 2. The van der Waals surface area contributed by atoms with Gasteiger partial charge in [-0.2, -0.15) is 0 Å². The molecule has 1 saturated carbocycles. The zero-order valence-electron chi connectivity index (χ0n) is 18.5. The van der Waals surface area contributed by atoms with E-state index in [1.165, 1.54) is 6.07 Å². The number of carboxylic acid groups (broad SMARTS) is 1. The zero-order valence-corrected chi connectivity index (χ0v) is 18.5. The highest BCUT2D eigenvalue weighted by Crippen LogP contribution is 2.41. The van der Waals surface area contributed by atoms with Gasteiger partial charge in [0.15, 0.2) is 0 Å². The summed E-state index contributed by atoms with van der Waals surface area (Å²) in [6.07, 6.45) is 6.31. The Morgan fingerprint density at radius 1 is 1.06 bits per heavy atom. The standard InChI is InChI=1S/C27H29FN2O3/c28-22-10-6-11-23-26(22)21(16-29-23)20(17-7-2-1-3-8-17)15-25(31)30-14-13-19(27(32)33)18-9-4-5-12-24(18)30/h1-3,6-8,10-11,16,18-20,24,29H,4-5,9,12-15H2,(H,32,33). The summed E-state index contributed by atoms with van der Waals surface area (Å²) < 4.78 is 14.8. The number of H-pyrrole nitrogens is 1. The third kappa shape index (κ3) is 4.03. The van der Waals surface area contributed by atoms with Crippen LogP contribution in [0.5, 0.6) is 0 Å². The van der Waals surface area contributed by atoms with Gasteiger partial charge in [0.2, 0.25) is 5.91 Å². The fourth-order valence-corrected chi connectivity index (χ4v) is 6.10. The van der Waals surface area contributed by atoms with Crippen molar-refractivity contribution >= 4 is 22.8 Å². The molecule has 1 aliphatic carbocycles. The van der Waals surface area contributed by atoms with Crippen molar-refractivity contribution in [3.63, 3.8) is 0 Å². The van der Waals surface area contributed by atoms with E-state index in [9.17, 15) is 19.1 Å². The summed E-state index contributed by atoms with van der Waals surface area (Å²) >= 11 is 0. The second-order valence-electron chi connectivity index (χ2n) is 9.41. The quantitative estimate of drug-likeness (QED) is 0.555. The topological polar surface area (TPSA) is 73.4 Å². The van der Waals surface area contributed by atoms with E-state index >= 15 is 0 Å². The molecule has 5 nitrogen and oxygen atoms in total. The van der Waals surface area contributed by atoms with Gasteiger partial charge >= 0.3 is 5.97 Å². The van der Waals surface area contributed by atoms with Crippen LogP contribution in [-0.4, -0.2) is 39.5 Å². The Labute approximate surface area is 192 Å². The molecule has 3 aromatic rings. The van der Waals surface area contributed by atoms with E-state index in [4.69, 9.17) is 0 Å². The Kier molecular flexibility index (Phi) is 5.92. The largest absolute Gasteiger partial charge is 0.481 e. The number of piperidine rings is 1. The molecule has 172 valence electrons. The van der Waals surface area contributed by atoms with Gasteiger partial charge in [0.25, 0.3) is 0 Å². The van der Waals surface area contributed by atoms with E-state index < -0.39 is 5.97 Å². The van der Waals surface area contributed by atoms with Crippen LogP contribution in [0.1, 0.15) is 55.6 Å². The maximum Gasteiger partial charge on any atom is 0.306 e. The second kappa shape index (κ2) is 9.00. The van der Waals surface area contributed by atoms with Crippen molar-refractivity contribution in [3.8, 4) is 0 Å². The number of nitrogens with zero attached hydrogens (tertiary/aromatic N) is 1. The smallest absolute Gasteiger partial charge is 0.306 e. The fourth-order valence-electron chi connectivity index (χ4n) is 6.10. The number of aliphatic carboxylic acids is 1. The molecular formula is C27H29FN2O3. The molecule has 5 rings (SSSR count). The van der Waals surface area contributed by atoms with E-state index in [0.717, 1.165) is 36.8 Å². The predicted molar refractivity (Wildman–Crippen MR) is 124 cm³/mol. The van der Waals surface area contributed by atoms with Crippen molar-refractivity contribution in [1.29, 1.82) is 0 Å². The van der Waals surface area contributed by atoms with Gasteiger partial charge in [-0.15, -0.1) is 0 Å². The summed E-state index contributed by atoms with van der Waals surface area (Å²) in [6, 6.07) is 14.7. The van der Waals surface area contributed by atoms with Crippen LogP contribution in [0.2, 0.25) is 0 Å². The minimum absolute atomic E-state index is 0.0165. The number of carboxylic acids is 1. The number of amides is 1. The number of fused-ring (bicyclic) bond motifs is 2. The summed E-state index contributed by atoms with van der Waals surface area (Å²) in [6.45, 7) is 0.473. The molecule has 6 heteroatoms. The van der Waals surface area contributed by atoms with Crippen molar-refractivity contribution in [2.24, 2.45) is 11.8 Å². The first-order valence-electron chi connectivity index (χ1n) is 11.9. The molecule has 2 aromatic carbocycles. The Morgan fingerprint density at radius 2 is 1.85 bits per heavy atom. The molecule has 2 fully saturated rings. The van der Waals surface area contributed by atoms with Crippen LogP contribution in [0.3, 0.4) is 0 Å². The summed E-state index contributed by atoms with van der Waals surface area (Å²) in [7, 11) is 0. The average Bonchev–Trinajstić information content (AvgIpc) is 3.27. The average molecular weight is 449 g/mol. The van der Waals surface area contributed by atoms with Gasteiger partial charge < -0.3 is 15.0 Å². The maximum atomic E-state index is 14.8. The van der Waals surface area contributed by atoms with Gasteiger partial charge in [0.1, 0.15) is 5.82 Å². The molecule has 33 heavy (non-hydrogen) atoms. The number of nitrogens with one attached hydrogen (secondary N) is 1. The lowest BCUT2D eigenvalue weighted by Crippen LogP contribution is -2.54. The summed E-state index contributed by atoms with van der Waals surface area (Å²) in [5.41, 5.74) is 2.46. The molecule has 2 heterocycles. The summed E-state index contributed by atoms with van der Waals surface area (Å²) in [4.78, 5) is 30.6. The van der Waals surface area contributed by atoms with Crippen LogP contribution >= 0.6 is 0 Å². The molecule has 1 aromatic heterocycles. The normalized spacial score (nSPS) is 23.8. The van der Waals surface area contributed by atoms with Gasteiger partial charge in [0, 0.05) is 42.0 Å². The van der Waals surface area contributed by atoms with E-state index in [-0.39, 0.29) is 41.9 Å². The molecule has 0 spiro atoms. The van der Waals surface area contributed by atoms with Gasteiger partial charge in [-0.25, -0.2) is 4.39 Å². The third-order valence-electron chi connectivity index (χ3n) is 7.66. The minimum atomic E-state index is -0.740. The highest BCUT2D eigenvalue weighted by Gasteiger charge is 2.44. The lowest BCUT2D eigenvalue weighted by atomic mass is 9.71. The summed E-state index contributed by atoms with van der Waals surface area (Å²) in [5, 5.41) is 10.2. The van der Waals surface area contributed by atoms with E-state index in [1.54, 1.807) is 6.07 Å².